The van der Waals surface area contributed by atoms with Crippen molar-refractivity contribution in [2.75, 3.05) is 45.8 Å². The molecule has 1 aliphatic heterocycles. The molecule has 17 heavy (non-hydrogen) atoms. The lowest BCUT2D eigenvalue weighted by Gasteiger charge is -2.21. The van der Waals surface area contributed by atoms with Crippen LogP contribution in [0.15, 0.2) is 0 Å². The Morgan fingerprint density at radius 3 is 2.65 bits per heavy atom. The highest BCUT2D eigenvalue weighted by atomic mass is 16.2. The Morgan fingerprint density at radius 1 is 1.24 bits per heavy atom. The van der Waals surface area contributed by atoms with Gasteiger partial charge in [0, 0.05) is 26.2 Å². The first-order chi connectivity index (χ1) is 8.13. The molecule has 98 valence electrons. The summed E-state index contributed by atoms with van der Waals surface area (Å²) in [5, 5.41) is 3.03. The van der Waals surface area contributed by atoms with Crippen LogP contribution in [0.4, 0.5) is 0 Å². The second kappa shape index (κ2) is 7.24. The van der Waals surface area contributed by atoms with Crippen molar-refractivity contribution in [3.05, 3.63) is 0 Å². The van der Waals surface area contributed by atoms with Gasteiger partial charge in [0.2, 0.25) is 11.8 Å². The first-order valence-corrected chi connectivity index (χ1v) is 6.12. The molecule has 2 amide bonds. The van der Waals surface area contributed by atoms with Gasteiger partial charge in [-0.3, -0.25) is 14.5 Å². The molecule has 1 rings (SSSR count). The molecule has 0 aromatic heterocycles. The van der Waals surface area contributed by atoms with Crippen molar-refractivity contribution < 1.29 is 9.59 Å². The lowest BCUT2D eigenvalue weighted by Crippen LogP contribution is -2.41. The molecule has 0 saturated carbocycles. The van der Waals surface area contributed by atoms with Gasteiger partial charge in [0.05, 0.1) is 13.1 Å². The first kappa shape index (κ1) is 13.9. The van der Waals surface area contributed by atoms with E-state index in [1.165, 1.54) is 0 Å². The van der Waals surface area contributed by atoms with Crippen LogP contribution in [0.3, 0.4) is 0 Å². The van der Waals surface area contributed by atoms with Gasteiger partial charge in [-0.1, -0.05) is 6.92 Å². The Kier molecular flexibility index (Phi) is 5.93. The number of nitrogens with two attached hydrogens (primary N) is 1. The standard InChI is InChI=1S/C11H22N4O2/c1-2-13-8-11(17)15-5-3-4-14(6-7-15)9-10(12)16/h13H,2-9H2,1H3,(H2,12,16). The number of likely N-dealkylation sites (N-methyl/N-ethyl adjacent to an activating group) is 1. The van der Waals surface area contributed by atoms with E-state index in [0.29, 0.717) is 13.1 Å². The van der Waals surface area contributed by atoms with E-state index < -0.39 is 0 Å². The molecule has 1 saturated heterocycles. The van der Waals surface area contributed by atoms with Crippen molar-refractivity contribution in [1.29, 1.82) is 0 Å². The number of rotatable bonds is 5. The normalized spacial score (nSPS) is 17.8. The van der Waals surface area contributed by atoms with Gasteiger partial charge in [0.15, 0.2) is 0 Å². The van der Waals surface area contributed by atoms with Crippen molar-refractivity contribution in [2.45, 2.75) is 13.3 Å². The Bertz CT molecular complexity index is 270. The van der Waals surface area contributed by atoms with Gasteiger partial charge in [-0.25, -0.2) is 0 Å². The fourth-order valence-corrected chi connectivity index (χ4v) is 1.94. The number of nitrogens with one attached hydrogen (secondary N) is 1. The molecule has 6 heteroatoms. The van der Waals surface area contributed by atoms with Crippen molar-refractivity contribution in [1.82, 2.24) is 15.1 Å². The Morgan fingerprint density at radius 2 is 2.00 bits per heavy atom. The molecular weight excluding hydrogens is 220 g/mol. The Hall–Kier alpha value is -1.14. The van der Waals surface area contributed by atoms with Crippen molar-refractivity contribution in [3.8, 4) is 0 Å². The van der Waals surface area contributed by atoms with E-state index in [4.69, 9.17) is 5.73 Å². The second-order valence-corrected chi connectivity index (χ2v) is 4.26. The van der Waals surface area contributed by atoms with Crippen LogP contribution in [0.2, 0.25) is 0 Å². The van der Waals surface area contributed by atoms with E-state index in [-0.39, 0.29) is 18.4 Å². The number of carbonyl (C=O) groups is 2. The van der Waals surface area contributed by atoms with E-state index >= 15 is 0 Å². The zero-order valence-electron chi connectivity index (χ0n) is 10.4. The van der Waals surface area contributed by atoms with Crippen LogP contribution < -0.4 is 11.1 Å². The average Bonchev–Trinajstić information content (AvgIpc) is 2.51. The highest BCUT2D eigenvalue weighted by Crippen LogP contribution is 2.02. The summed E-state index contributed by atoms with van der Waals surface area (Å²) in [6.45, 7) is 6.45. The molecule has 0 bridgehead atoms. The molecule has 0 aromatic rings. The Balaban J connectivity index is 2.36. The summed E-state index contributed by atoms with van der Waals surface area (Å²) in [4.78, 5) is 26.5. The lowest BCUT2D eigenvalue weighted by atomic mass is 10.3. The average molecular weight is 242 g/mol. The summed E-state index contributed by atoms with van der Waals surface area (Å²) in [6.07, 6.45) is 0.894. The van der Waals surface area contributed by atoms with E-state index in [9.17, 15) is 9.59 Å². The van der Waals surface area contributed by atoms with Crippen molar-refractivity contribution in [3.63, 3.8) is 0 Å². The Labute approximate surface area is 102 Å². The van der Waals surface area contributed by atoms with E-state index in [2.05, 4.69) is 5.32 Å². The smallest absolute Gasteiger partial charge is 0.236 e. The highest BCUT2D eigenvalue weighted by Gasteiger charge is 2.19. The van der Waals surface area contributed by atoms with Gasteiger partial charge in [-0.15, -0.1) is 0 Å². The largest absolute Gasteiger partial charge is 0.369 e. The summed E-state index contributed by atoms with van der Waals surface area (Å²) >= 11 is 0. The molecule has 0 unspecified atom stereocenters. The van der Waals surface area contributed by atoms with Gasteiger partial charge in [0.25, 0.3) is 0 Å². The summed E-state index contributed by atoms with van der Waals surface area (Å²) in [6, 6.07) is 0. The fraction of sp³-hybridized carbons (Fsp3) is 0.818. The molecule has 0 atom stereocenters. The zero-order valence-corrected chi connectivity index (χ0v) is 10.4. The van der Waals surface area contributed by atoms with Gasteiger partial charge in [-0.05, 0) is 13.0 Å². The molecule has 1 fully saturated rings. The van der Waals surface area contributed by atoms with Crippen LogP contribution >= 0.6 is 0 Å². The monoisotopic (exact) mass is 242 g/mol. The number of carbonyl (C=O) groups excluding carboxylic acids is 2. The number of hydrogen-bond donors (Lipinski definition) is 2. The molecular formula is C11H22N4O2. The second-order valence-electron chi connectivity index (χ2n) is 4.26. The van der Waals surface area contributed by atoms with Crippen LogP contribution in [0, 0.1) is 0 Å². The first-order valence-electron chi connectivity index (χ1n) is 6.12. The third-order valence-electron chi connectivity index (χ3n) is 2.85. The summed E-state index contributed by atoms with van der Waals surface area (Å²) < 4.78 is 0. The maximum atomic E-state index is 11.8. The van der Waals surface area contributed by atoms with E-state index in [1.54, 1.807) is 0 Å². The summed E-state index contributed by atoms with van der Waals surface area (Å²) in [7, 11) is 0. The van der Waals surface area contributed by atoms with Crippen LogP contribution in [-0.4, -0.2) is 67.4 Å². The van der Waals surface area contributed by atoms with Crippen molar-refractivity contribution in [2.24, 2.45) is 5.73 Å². The van der Waals surface area contributed by atoms with Crippen LogP contribution in [0.5, 0.6) is 0 Å². The molecule has 0 radical (unpaired) electrons. The third-order valence-corrected chi connectivity index (χ3v) is 2.85. The molecule has 3 N–H and O–H groups in total. The minimum Gasteiger partial charge on any atom is -0.369 e. The van der Waals surface area contributed by atoms with Gasteiger partial charge in [0.1, 0.15) is 0 Å². The zero-order chi connectivity index (χ0) is 12.7. The maximum absolute atomic E-state index is 11.8. The molecule has 1 heterocycles. The van der Waals surface area contributed by atoms with Crippen molar-refractivity contribution >= 4 is 11.8 Å². The molecule has 0 aromatic carbocycles. The van der Waals surface area contributed by atoms with E-state index in [1.807, 2.05) is 16.7 Å². The molecule has 0 aliphatic carbocycles. The fourth-order valence-electron chi connectivity index (χ4n) is 1.94. The molecule has 1 aliphatic rings. The minimum atomic E-state index is -0.308. The van der Waals surface area contributed by atoms with Crippen LogP contribution in [-0.2, 0) is 9.59 Å². The minimum absolute atomic E-state index is 0.132. The number of amides is 2. The van der Waals surface area contributed by atoms with Gasteiger partial charge < -0.3 is 16.0 Å². The maximum Gasteiger partial charge on any atom is 0.236 e. The summed E-state index contributed by atoms with van der Waals surface area (Å²) in [5.41, 5.74) is 5.16. The topological polar surface area (TPSA) is 78.7 Å². The predicted octanol–water partition coefficient (Wildman–Crippen LogP) is -1.38. The van der Waals surface area contributed by atoms with Crippen LogP contribution in [0.1, 0.15) is 13.3 Å². The number of hydrogen-bond acceptors (Lipinski definition) is 4. The lowest BCUT2D eigenvalue weighted by molar-refractivity contribution is -0.130. The quantitative estimate of drug-likeness (QED) is 0.622. The molecule has 6 nitrogen and oxygen atoms in total. The van der Waals surface area contributed by atoms with Gasteiger partial charge in [-0.2, -0.15) is 0 Å². The van der Waals surface area contributed by atoms with Gasteiger partial charge >= 0.3 is 0 Å². The van der Waals surface area contributed by atoms with Crippen LogP contribution in [0.25, 0.3) is 0 Å². The summed E-state index contributed by atoms with van der Waals surface area (Å²) in [5.74, 6) is -0.176. The van der Waals surface area contributed by atoms with E-state index in [0.717, 1.165) is 32.6 Å². The SMILES string of the molecule is CCNCC(=O)N1CCCN(CC(N)=O)CC1. The molecule has 0 spiro atoms. The third kappa shape index (κ3) is 5.14. The predicted molar refractivity (Wildman–Crippen MR) is 65.4 cm³/mol. The number of nitrogens with zero attached hydrogens (tertiary/aromatic N) is 2. The number of primary amides is 1. The highest BCUT2D eigenvalue weighted by molar-refractivity contribution is 5.78.